The lowest BCUT2D eigenvalue weighted by Gasteiger charge is -2.32. The fourth-order valence-corrected chi connectivity index (χ4v) is 4.90. The van der Waals surface area contributed by atoms with E-state index in [0.717, 1.165) is 22.3 Å². The highest BCUT2D eigenvalue weighted by Gasteiger charge is 2.32. The van der Waals surface area contributed by atoms with Gasteiger partial charge in [0.05, 0.1) is 18.9 Å². The van der Waals surface area contributed by atoms with Gasteiger partial charge in [-0.15, -0.1) is 0 Å². The van der Waals surface area contributed by atoms with Crippen LogP contribution in [0.1, 0.15) is 43.7 Å². The van der Waals surface area contributed by atoms with Crippen LogP contribution < -0.4 is 10.6 Å². The Morgan fingerprint density at radius 3 is 2.31 bits per heavy atom. The number of ether oxygens (including phenoxy) is 2. The van der Waals surface area contributed by atoms with Crippen molar-refractivity contribution in [3.8, 4) is 11.1 Å². The van der Waals surface area contributed by atoms with E-state index in [1.54, 1.807) is 13.8 Å². The van der Waals surface area contributed by atoms with Gasteiger partial charge in [0.25, 0.3) is 0 Å². The summed E-state index contributed by atoms with van der Waals surface area (Å²) in [5.41, 5.74) is 4.58. The second kappa shape index (κ2) is 10.9. The van der Waals surface area contributed by atoms with Crippen LogP contribution in [0.2, 0.25) is 0 Å². The molecule has 8 heteroatoms. The van der Waals surface area contributed by atoms with Crippen LogP contribution in [0.4, 0.5) is 4.79 Å². The molecule has 8 nitrogen and oxygen atoms in total. The second-order valence-corrected chi connectivity index (χ2v) is 9.38. The quantitative estimate of drug-likeness (QED) is 0.533. The molecule has 0 saturated carbocycles. The number of aliphatic carboxylic acids is 1. The predicted octanol–water partition coefficient (Wildman–Crippen LogP) is 3.55. The van der Waals surface area contributed by atoms with Gasteiger partial charge in [0.15, 0.2) is 0 Å². The summed E-state index contributed by atoms with van der Waals surface area (Å²) in [5, 5.41) is 14.8. The number of fused-ring (bicyclic) bond motifs is 3. The van der Waals surface area contributed by atoms with Crippen LogP contribution in [0.3, 0.4) is 0 Å². The van der Waals surface area contributed by atoms with Crippen molar-refractivity contribution in [1.29, 1.82) is 0 Å². The van der Waals surface area contributed by atoms with E-state index >= 15 is 0 Å². The Morgan fingerprint density at radius 2 is 1.69 bits per heavy atom. The molecule has 0 spiro atoms. The number of carboxylic acid groups (broad SMARTS) is 1. The number of hydrogen-bond acceptors (Lipinski definition) is 5. The van der Waals surface area contributed by atoms with Gasteiger partial charge >= 0.3 is 12.1 Å². The second-order valence-electron chi connectivity index (χ2n) is 9.38. The fraction of sp³-hybridized carbons (Fsp3) is 0.444. The van der Waals surface area contributed by atoms with Crippen molar-refractivity contribution in [2.24, 2.45) is 11.8 Å². The van der Waals surface area contributed by atoms with E-state index in [-0.39, 0.29) is 36.8 Å². The highest BCUT2D eigenvalue weighted by Crippen LogP contribution is 2.44. The number of hydrogen-bond donors (Lipinski definition) is 3. The van der Waals surface area contributed by atoms with Gasteiger partial charge in [0.1, 0.15) is 6.61 Å². The third kappa shape index (κ3) is 5.65. The highest BCUT2D eigenvalue weighted by molar-refractivity contribution is 5.81. The molecule has 35 heavy (non-hydrogen) atoms. The summed E-state index contributed by atoms with van der Waals surface area (Å²) in [6.45, 7) is 4.47. The molecule has 1 heterocycles. The average Bonchev–Trinajstić information content (AvgIpc) is 3.17. The van der Waals surface area contributed by atoms with Gasteiger partial charge < -0.3 is 25.2 Å². The molecule has 2 aliphatic rings. The monoisotopic (exact) mass is 480 g/mol. The Kier molecular flexibility index (Phi) is 7.70. The number of amides is 2. The Labute approximate surface area is 205 Å². The number of rotatable bonds is 8. The summed E-state index contributed by atoms with van der Waals surface area (Å²) in [6, 6.07) is 15.5. The first-order chi connectivity index (χ1) is 16.8. The van der Waals surface area contributed by atoms with Crippen molar-refractivity contribution < 1.29 is 29.0 Å². The summed E-state index contributed by atoms with van der Waals surface area (Å²) in [4.78, 5) is 36.5. The first-order valence-electron chi connectivity index (χ1n) is 12.1. The summed E-state index contributed by atoms with van der Waals surface area (Å²) in [6.07, 6.45) is -0.0777. The van der Waals surface area contributed by atoms with Gasteiger partial charge in [-0.2, -0.15) is 0 Å². The third-order valence-corrected chi connectivity index (χ3v) is 7.09. The lowest BCUT2D eigenvalue weighted by atomic mass is 9.91. The minimum atomic E-state index is -0.918. The Bertz CT molecular complexity index is 1040. The van der Waals surface area contributed by atoms with Crippen molar-refractivity contribution in [2.45, 2.75) is 44.7 Å². The number of benzene rings is 2. The van der Waals surface area contributed by atoms with Crippen LogP contribution in [0, 0.1) is 11.8 Å². The van der Waals surface area contributed by atoms with Crippen molar-refractivity contribution in [3.05, 3.63) is 59.7 Å². The molecule has 0 radical (unpaired) electrons. The average molecular weight is 481 g/mol. The zero-order valence-corrected chi connectivity index (χ0v) is 20.0. The van der Waals surface area contributed by atoms with Crippen LogP contribution in [-0.4, -0.2) is 55.0 Å². The maximum absolute atomic E-state index is 12.8. The molecule has 0 aromatic heterocycles. The van der Waals surface area contributed by atoms with Crippen LogP contribution in [0.15, 0.2) is 48.5 Å². The number of nitrogens with one attached hydrogen (secondary N) is 2. The van der Waals surface area contributed by atoms with E-state index in [4.69, 9.17) is 14.6 Å². The van der Waals surface area contributed by atoms with E-state index in [9.17, 15) is 14.4 Å². The zero-order chi connectivity index (χ0) is 24.9. The minimum absolute atomic E-state index is 0.0381. The minimum Gasteiger partial charge on any atom is -0.481 e. The topological polar surface area (TPSA) is 114 Å². The molecule has 1 aliphatic carbocycles. The molecule has 1 saturated heterocycles. The number of alkyl carbamates (subject to hydrolysis) is 1. The van der Waals surface area contributed by atoms with E-state index in [0.29, 0.717) is 19.6 Å². The summed E-state index contributed by atoms with van der Waals surface area (Å²) in [7, 11) is 0. The van der Waals surface area contributed by atoms with Crippen LogP contribution in [0.5, 0.6) is 0 Å². The molecule has 1 aliphatic heterocycles. The standard InChI is InChI=1S/C27H32N2O6/c1-16(26(32)29-24-11-12-34-14-18(24)13-25(30)31)17(2)28-27(33)35-15-23-21-9-5-3-7-19(21)20-8-4-6-10-22(20)23/h3-10,16-18,23-24H,11-15H2,1-2H3,(H,28,33)(H,29,32)(H,30,31). The van der Waals surface area contributed by atoms with E-state index in [2.05, 4.69) is 34.9 Å². The molecule has 2 aromatic rings. The van der Waals surface area contributed by atoms with Gasteiger partial charge in [0, 0.05) is 30.5 Å². The van der Waals surface area contributed by atoms with Gasteiger partial charge in [-0.25, -0.2) is 4.79 Å². The molecule has 4 rings (SSSR count). The first-order valence-corrected chi connectivity index (χ1v) is 12.1. The molecule has 4 atom stereocenters. The first kappa shape index (κ1) is 24.7. The van der Waals surface area contributed by atoms with Crippen LogP contribution in [0.25, 0.3) is 11.1 Å². The van der Waals surface area contributed by atoms with Gasteiger partial charge in [0.2, 0.25) is 5.91 Å². The number of carbonyl (C=O) groups is 3. The van der Waals surface area contributed by atoms with Crippen molar-refractivity contribution in [2.75, 3.05) is 19.8 Å². The van der Waals surface area contributed by atoms with E-state index in [1.807, 2.05) is 24.3 Å². The molecule has 0 bridgehead atoms. The van der Waals surface area contributed by atoms with Crippen molar-refractivity contribution in [1.82, 2.24) is 10.6 Å². The van der Waals surface area contributed by atoms with Gasteiger partial charge in [-0.1, -0.05) is 55.5 Å². The van der Waals surface area contributed by atoms with E-state index in [1.165, 1.54) is 0 Å². The summed E-state index contributed by atoms with van der Waals surface area (Å²) >= 11 is 0. The summed E-state index contributed by atoms with van der Waals surface area (Å²) in [5.74, 6) is -1.99. The van der Waals surface area contributed by atoms with Crippen molar-refractivity contribution in [3.63, 3.8) is 0 Å². The molecular formula is C27H32N2O6. The smallest absolute Gasteiger partial charge is 0.407 e. The highest BCUT2D eigenvalue weighted by atomic mass is 16.5. The number of carbonyl (C=O) groups excluding carboxylic acids is 2. The molecular weight excluding hydrogens is 448 g/mol. The van der Waals surface area contributed by atoms with Crippen LogP contribution in [-0.2, 0) is 19.1 Å². The lowest BCUT2D eigenvalue weighted by molar-refractivity contribution is -0.140. The van der Waals surface area contributed by atoms with E-state index < -0.39 is 24.0 Å². The molecule has 2 aromatic carbocycles. The normalized spacial score (nSPS) is 20.7. The van der Waals surface area contributed by atoms with Gasteiger partial charge in [-0.3, -0.25) is 9.59 Å². The Balaban J connectivity index is 1.30. The van der Waals surface area contributed by atoms with Crippen LogP contribution >= 0.6 is 0 Å². The SMILES string of the molecule is CC(NC(=O)OCC1c2ccccc2-c2ccccc21)C(C)C(=O)NC1CCOCC1CC(=O)O. The molecule has 1 fully saturated rings. The molecule has 186 valence electrons. The molecule has 4 unspecified atom stereocenters. The predicted molar refractivity (Wildman–Crippen MR) is 130 cm³/mol. The largest absolute Gasteiger partial charge is 0.481 e. The summed E-state index contributed by atoms with van der Waals surface area (Å²) < 4.78 is 11.0. The Morgan fingerprint density at radius 1 is 1.06 bits per heavy atom. The van der Waals surface area contributed by atoms with Crippen molar-refractivity contribution >= 4 is 18.0 Å². The third-order valence-electron chi connectivity index (χ3n) is 7.09. The molecule has 2 amide bonds. The maximum Gasteiger partial charge on any atom is 0.407 e. The fourth-order valence-electron chi connectivity index (χ4n) is 4.90. The van der Waals surface area contributed by atoms with Gasteiger partial charge in [-0.05, 0) is 35.6 Å². The molecule has 3 N–H and O–H groups in total. The Hall–Kier alpha value is -3.39. The lowest BCUT2D eigenvalue weighted by Crippen LogP contribution is -2.51. The maximum atomic E-state index is 12.8. The number of carboxylic acids is 1. The zero-order valence-electron chi connectivity index (χ0n) is 20.0.